The molecule has 0 spiro atoms. The lowest BCUT2D eigenvalue weighted by molar-refractivity contribution is 0.213. The lowest BCUT2D eigenvalue weighted by Crippen LogP contribution is -2.39. The molecule has 1 fully saturated rings. The molecule has 0 aliphatic heterocycles. The van der Waals surface area contributed by atoms with Crippen LogP contribution in [0.5, 0.6) is 0 Å². The molecule has 1 aromatic carbocycles. The van der Waals surface area contributed by atoms with Gasteiger partial charge in [-0.15, -0.1) is 0 Å². The molecule has 1 aliphatic carbocycles. The Hall–Kier alpha value is -0.340. The summed E-state index contributed by atoms with van der Waals surface area (Å²) in [4.78, 5) is 0. The van der Waals surface area contributed by atoms with Crippen LogP contribution < -0.4 is 5.32 Å². The van der Waals surface area contributed by atoms with Crippen LogP contribution in [0.25, 0.3) is 0 Å². The Bertz CT molecular complexity index is 410. The summed E-state index contributed by atoms with van der Waals surface area (Å²) in [5.41, 5.74) is 1.45. The highest BCUT2D eigenvalue weighted by Crippen LogP contribution is 2.34. The summed E-state index contributed by atoms with van der Waals surface area (Å²) >= 11 is 3.59. The van der Waals surface area contributed by atoms with Crippen LogP contribution in [0.2, 0.25) is 0 Å². The van der Waals surface area contributed by atoms with E-state index in [1.165, 1.54) is 48.6 Å². The summed E-state index contributed by atoms with van der Waals surface area (Å²) in [5, 5.41) is 3.75. The standard InChI is InChI=1S/C19H30BrN/c1-3-6-15-9-11-17(12-10-15)19(21-4-2)14-16-7-5-8-18(20)13-16/h5,7-8,13,15,17,19,21H,3-4,6,9-12,14H2,1-2H3. The fraction of sp³-hybridized carbons (Fsp3) is 0.684. The van der Waals surface area contributed by atoms with Crippen molar-refractivity contribution in [3.63, 3.8) is 0 Å². The minimum absolute atomic E-state index is 0.645. The Morgan fingerprint density at radius 1 is 1.19 bits per heavy atom. The first-order valence-electron chi connectivity index (χ1n) is 8.70. The Morgan fingerprint density at radius 3 is 2.57 bits per heavy atom. The third-order valence-electron chi connectivity index (χ3n) is 4.97. The summed E-state index contributed by atoms with van der Waals surface area (Å²) in [6.45, 7) is 5.63. The van der Waals surface area contributed by atoms with Crippen molar-refractivity contribution in [3.8, 4) is 0 Å². The molecule has 2 heteroatoms. The molecule has 1 aliphatic rings. The first-order valence-corrected chi connectivity index (χ1v) is 9.50. The summed E-state index contributed by atoms with van der Waals surface area (Å²) in [6.07, 6.45) is 9.66. The van der Waals surface area contributed by atoms with Crippen LogP contribution in [0.1, 0.15) is 57.9 Å². The molecule has 0 amide bonds. The minimum atomic E-state index is 0.645. The van der Waals surface area contributed by atoms with Crippen LogP contribution >= 0.6 is 15.9 Å². The van der Waals surface area contributed by atoms with E-state index in [1.807, 2.05) is 0 Å². The molecular weight excluding hydrogens is 322 g/mol. The first kappa shape index (κ1) is 17.0. The topological polar surface area (TPSA) is 12.0 Å². The smallest absolute Gasteiger partial charge is 0.0178 e. The van der Waals surface area contributed by atoms with Crippen molar-refractivity contribution in [2.24, 2.45) is 11.8 Å². The quantitative estimate of drug-likeness (QED) is 0.676. The average molecular weight is 352 g/mol. The van der Waals surface area contributed by atoms with Gasteiger partial charge < -0.3 is 5.32 Å². The van der Waals surface area contributed by atoms with E-state index >= 15 is 0 Å². The number of hydrogen-bond acceptors (Lipinski definition) is 1. The van der Waals surface area contributed by atoms with Crippen molar-refractivity contribution >= 4 is 15.9 Å². The largest absolute Gasteiger partial charge is 0.314 e. The minimum Gasteiger partial charge on any atom is -0.314 e. The van der Waals surface area contributed by atoms with Gasteiger partial charge in [0.1, 0.15) is 0 Å². The van der Waals surface area contributed by atoms with E-state index in [0.717, 1.165) is 24.8 Å². The van der Waals surface area contributed by atoms with Crippen LogP contribution in [0.15, 0.2) is 28.7 Å². The van der Waals surface area contributed by atoms with E-state index in [4.69, 9.17) is 0 Å². The molecule has 0 radical (unpaired) electrons. The average Bonchev–Trinajstić information content (AvgIpc) is 2.48. The van der Waals surface area contributed by atoms with E-state index in [-0.39, 0.29) is 0 Å². The second kappa shape index (κ2) is 8.95. The molecule has 118 valence electrons. The molecule has 0 heterocycles. The monoisotopic (exact) mass is 351 g/mol. The molecule has 1 aromatic rings. The summed E-state index contributed by atoms with van der Waals surface area (Å²) < 4.78 is 1.20. The number of nitrogens with one attached hydrogen (secondary N) is 1. The number of benzene rings is 1. The lowest BCUT2D eigenvalue weighted by atomic mass is 9.76. The van der Waals surface area contributed by atoms with E-state index in [0.29, 0.717) is 6.04 Å². The Balaban J connectivity index is 1.93. The molecule has 1 atom stereocenters. The maximum Gasteiger partial charge on any atom is 0.0178 e. The normalized spacial score (nSPS) is 24.0. The fourth-order valence-electron chi connectivity index (χ4n) is 3.87. The van der Waals surface area contributed by atoms with Gasteiger partial charge >= 0.3 is 0 Å². The van der Waals surface area contributed by atoms with E-state index in [1.54, 1.807) is 0 Å². The molecule has 0 bridgehead atoms. The number of hydrogen-bond donors (Lipinski definition) is 1. The zero-order valence-electron chi connectivity index (χ0n) is 13.6. The van der Waals surface area contributed by atoms with Gasteiger partial charge in [0.2, 0.25) is 0 Å². The Kier molecular flexibility index (Phi) is 7.25. The van der Waals surface area contributed by atoms with Gasteiger partial charge in [0.15, 0.2) is 0 Å². The van der Waals surface area contributed by atoms with Crippen LogP contribution in [-0.2, 0) is 6.42 Å². The maximum absolute atomic E-state index is 3.75. The van der Waals surface area contributed by atoms with Gasteiger partial charge in [-0.2, -0.15) is 0 Å². The number of rotatable bonds is 7. The SMILES string of the molecule is CCCC1CCC(C(Cc2cccc(Br)c2)NCC)CC1. The predicted octanol–water partition coefficient (Wildman–Crippen LogP) is 5.58. The van der Waals surface area contributed by atoms with Gasteiger partial charge in [-0.25, -0.2) is 0 Å². The molecular formula is C19H30BrN. The molecule has 21 heavy (non-hydrogen) atoms. The Labute approximate surface area is 139 Å². The summed E-state index contributed by atoms with van der Waals surface area (Å²) in [7, 11) is 0. The van der Waals surface area contributed by atoms with Crippen molar-refractivity contribution < 1.29 is 0 Å². The van der Waals surface area contributed by atoms with E-state index in [9.17, 15) is 0 Å². The second-order valence-electron chi connectivity index (χ2n) is 6.57. The van der Waals surface area contributed by atoms with Gasteiger partial charge in [0, 0.05) is 10.5 Å². The van der Waals surface area contributed by atoms with Crippen LogP contribution in [0.4, 0.5) is 0 Å². The van der Waals surface area contributed by atoms with Gasteiger partial charge in [-0.1, -0.05) is 67.6 Å². The third kappa shape index (κ3) is 5.41. The Morgan fingerprint density at radius 2 is 1.95 bits per heavy atom. The molecule has 0 aromatic heterocycles. The third-order valence-corrected chi connectivity index (χ3v) is 5.46. The van der Waals surface area contributed by atoms with Crippen molar-refractivity contribution in [2.75, 3.05) is 6.54 Å². The number of likely N-dealkylation sites (N-methyl/N-ethyl adjacent to an activating group) is 1. The van der Waals surface area contributed by atoms with Gasteiger partial charge in [0.05, 0.1) is 0 Å². The highest BCUT2D eigenvalue weighted by Gasteiger charge is 2.26. The van der Waals surface area contributed by atoms with Crippen LogP contribution in [-0.4, -0.2) is 12.6 Å². The van der Waals surface area contributed by atoms with E-state index < -0.39 is 0 Å². The van der Waals surface area contributed by atoms with Crippen molar-refractivity contribution in [2.45, 2.75) is 64.8 Å². The molecule has 1 saturated carbocycles. The van der Waals surface area contributed by atoms with Crippen molar-refractivity contribution in [1.29, 1.82) is 0 Å². The highest BCUT2D eigenvalue weighted by molar-refractivity contribution is 9.10. The lowest BCUT2D eigenvalue weighted by Gasteiger charge is -2.34. The first-order chi connectivity index (χ1) is 10.2. The predicted molar refractivity (Wildman–Crippen MR) is 95.7 cm³/mol. The molecule has 1 unspecified atom stereocenters. The summed E-state index contributed by atoms with van der Waals surface area (Å²) in [6, 6.07) is 9.44. The number of halogens is 1. The van der Waals surface area contributed by atoms with Crippen LogP contribution in [0, 0.1) is 11.8 Å². The molecule has 0 saturated heterocycles. The van der Waals surface area contributed by atoms with Gasteiger partial charge in [0.25, 0.3) is 0 Å². The molecule has 1 nitrogen and oxygen atoms in total. The zero-order valence-corrected chi connectivity index (χ0v) is 15.2. The van der Waals surface area contributed by atoms with Gasteiger partial charge in [-0.3, -0.25) is 0 Å². The molecule has 2 rings (SSSR count). The van der Waals surface area contributed by atoms with Crippen molar-refractivity contribution in [1.82, 2.24) is 5.32 Å². The highest BCUT2D eigenvalue weighted by atomic mass is 79.9. The fourth-order valence-corrected chi connectivity index (χ4v) is 4.32. The van der Waals surface area contributed by atoms with Gasteiger partial charge in [-0.05, 0) is 55.3 Å². The summed E-state index contributed by atoms with van der Waals surface area (Å²) in [5.74, 6) is 1.86. The molecule has 1 N–H and O–H groups in total. The zero-order chi connectivity index (χ0) is 15.1. The van der Waals surface area contributed by atoms with Crippen molar-refractivity contribution in [3.05, 3.63) is 34.3 Å². The van der Waals surface area contributed by atoms with Crippen LogP contribution in [0.3, 0.4) is 0 Å². The maximum atomic E-state index is 3.75. The second-order valence-corrected chi connectivity index (χ2v) is 7.48. The van der Waals surface area contributed by atoms with E-state index in [2.05, 4.69) is 59.4 Å².